The number of amides is 2. The number of fused-ring (bicyclic) bond motifs is 1. The first-order valence-corrected chi connectivity index (χ1v) is 7.29. The highest BCUT2D eigenvalue weighted by molar-refractivity contribution is 6.02. The van der Waals surface area contributed by atoms with Crippen molar-refractivity contribution in [3.63, 3.8) is 0 Å². The van der Waals surface area contributed by atoms with Crippen LogP contribution in [0.5, 0.6) is 0 Å². The standard InChI is InChI=1S/C16H22N2O2/c1-4-16(5-2,6-3)18-15(20)12-8-7-11-10-14(19)17-13(11)9-12/h7-9H,4-6,10H2,1-3H3,(H,17,19)(H,18,20). The molecule has 1 aromatic carbocycles. The Morgan fingerprint density at radius 1 is 1.25 bits per heavy atom. The van der Waals surface area contributed by atoms with Crippen LogP contribution in [0.25, 0.3) is 0 Å². The van der Waals surface area contributed by atoms with E-state index in [9.17, 15) is 9.59 Å². The molecule has 4 heteroatoms. The molecule has 2 rings (SSSR count). The summed E-state index contributed by atoms with van der Waals surface area (Å²) in [5.41, 5.74) is 2.18. The highest BCUT2D eigenvalue weighted by atomic mass is 16.2. The maximum atomic E-state index is 12.4. The van der Waals surface area contributed by atoms with Gasteiger partial charge >= 0.3 is 0 Å². The van der Waals surface area contributed by atoms with Crippen molar-refractivity contribution in [3.05, 3.63) is 29.3 Å². The summed E-state index contributed by atoms with van der Waals surface area (Å²) in [6, 6.07) is 5.41. The average Bonchev–Trinajstić information content (AvgIpc) is 2.83. The highest BCUT2D eigenvalue weighted by Gasteiger charge is 2.27. The van der Waals surface area contributed by atoms with Crippen LogP contribution in [0, 0.1) is 0 Å². The highest BCUT2D eigenvalue weighted by Crippen LogP contribution is 2.25. The van der Waals surface area contributed by atoms with Crippen LogP contribution >= 0.6 is 0 Å². The minimum Gasteiger partial charge on any atom is -0.347 e. The van der Waals surface area contributed by atoms with Gasteiger partial charge in [-0.15, -0.1) is 0 Å². The van der Waals surface area contributed by atoms with Crippen molar-refractivity contribution in [3.8, 4) is 0 Å². The van der Waals surface area contributed by atoms with E-state index in [1.165, 1.54) is 0 Å². The Morgan fingerprint density at radius 3 is 2.50 bits per heavy atom. The Hall–Kier alpha value is -1.84. The molecule has 20 heavy (non-hydrogen) atoms. The van der Waals surface area contributed by atoms with Crippen LogP contribution in [-0.2, 0) is 11.2 Å². The van der Waals surface area contributed by atoms with E-state index in [-0.39, 0.29) is 17.4 Å². The molecule has 0 bridgehead atoms. The zero-order valence-electron chi connectivity index (χ0n) is 12.4. The molecule has 0 saturated heterocycles. The minimum absolute atomic E-state index is 0.0115. The molecule has 0 aromatic heterocycles. The Balaban J connectivity index is 2.18. The third-order valence-electron chi connectivity index (χ3n) is 4.41. The summed E-state index contributed by atoms with van der Waals surface area (Å²) < 4.78 is 0. The van der Waals surface area contributed by atoms with Gasteiger partial charge in [0.05, 0.1) is 6.42 Å². The molecule has 1 aromatic rings. The van der Waals surface area contributed by atoms with Gasteiger partial charge in [0.15, 0.2) is 0 Å². The van der Waals surface area contributed by atoms with Crippen LogP contribution in [0.3, 0.4) is 0 Å². The summed E-state index contributed by atoms with van der Waals surface area (Å²) in [6.45, 7) is 6.28. The van der Waals surface area contributed by atoms with Crippen molar-refractivity contribution in [1.82, 2.24) is 5.32 Å². The Labute approximate surface area is 119 Å². The maximum Gasteiger partial charge on any atom is 0.251 e. The Bertz CT molecular complexity index is 525. The summed E-state index contributed by atoms with van der Waals surface area (Å²) >= 11 is 0. The lowest BCUT2D eigenvalue weighted by atomic mass is 9.89. The Morgan fingerprint density at radius 2 is 1.90 bits per heavy atom. The zero-order valence-corrected chi connectivity index (χ0v) is 12.4. The quantitative estimate of drug-likeness (QED) is 0.867. The van der Waals surface area contributed by atoms with E-state index >= 15 is 0 Å². The number of hydrogen-bond acceptors (Lipinski definition) is 2. The lowest BCUT2D eigenvalue weighted by Gasteiger charge is -2.31. The number of anilines is 1. The van der Waals surface area contributed by atoms with Crippen molar-refractivity contribution >= 4 is 17.5 Å². The first-order valence-electron chi connectivity index (χ1n) is 7.29. The number of benzene rings is 1. The number of carbonyl (C=O) groups is 2. The van der Waals surface area contributed by atoms with Gasteiger partial charge in [0.2, 0.25) is 5.91 Å². The molecule has 4 nitrogen and oxygen atoms in total. The first-order chi connectivity index (χ1) is 9.53. The van der Waals surface area contributed by atoms with Gasteiger partial charge in [0.1, 0.15) is 0 Å². The second-order valence-corrected chi connectivity index (χ2v) is 5.39. The largest absolute Gasteiger partial charge is 0.347 e. The van der Waals surface area contributed by atoms with Crippen LogP contribution in [0.4, 0.5) is 5.69 Å². The van der Waals surface area contributed by atoms with Crippen LogP contribution in [0.15, 0.2) is 18.2 Å². The summed E-state index contributed by atoms with van der Waals surface area (Å²) in [6.07, 6.45) is 3.13. The Kier molecular flexibility index (Phi) is 4.12. The molecule has 0 spiro atoms. The van der Waals surface area contributed by atoms with E-state index in [1.807, 2.05) is 6.07 Å². The molecular weight excluding hydrogens is 252 g/mol. The molecule has 108 valence electrons. The van der Waals surface area contributed by atoms with Crippen LogP contribution in [0.2, 0.25) is 0 Å². The monoisotopic (exact) mass is 274 g/mol. The first kappa shape index (κ1) is 14.6. The molecule has 0 radical (unpaired) electrons. The molecule has 0 aliphatic carbocycles. The SMILES string of the molecule is CCC(CC)(CC)NC(=O)c1ccc2c(c1)NC(=O)C2. The van der Waals surface area contributed by atoms with Gasteiger partial charge in [-0.25, -0.2) is 0 Å². The zero-order chi connectivity index (χ0) is 14.8. The second kappa shape index (κ2) is 5.65. The van der Waals surface area contributed by atoms with E-state index < -0.39 is 0 Å². The number of carbonyl (C=O) groups excluding carboxylic acids is 2. The molecule has 0 atom stereocenters. The van der Waals surface area contributed by atoms with E-state index in [4.69, 9.17) is 0 Å². The lowest BCUT2D eigenvalue weighted by Crippen LogP contribution is -2.47. The molecular formula is C16H22N2O2. The normalized spacial score (nSPS) is 13.8. The minimum atomic E-state index is -0.140. The number of rotatable bonds is 5. The fraction of sp³-hybridized carbons (Fsp3) is 0.500. The predicted molar refractivity (Wildman–Crippen MR) is 79.8 cm³/mol. The topological polar surface area (TPSA) is 58.2 Å². The van der Waals surface area contributed by atoms with Gasteiger partial charge in [-0.1, -0.05) is 26.8 Å². The van der Waals surface area contributed by atoms with Gasteiger partial charge < -0.3 is 10.6 Å². The van der Waals surface area contributed by atoms with Gasteiger partial charge in [-0.3, -0.25) is 9.59 Å². The van der Waals surface area contributed by atoms with Crippen molar-refractivity contribution in [2.45, 2.75) is 52.0 Å². The second-order valence-electron chi connectivity index (χ2n) is 5.39. The average molecular weight is 274 g/mol. The van der Waals surface area contributed by atoms with E-state index in [0.29, 0.717) is 12.0 Å². The molecule has 2 amide bonds. The maximum absolute atomic E-state index is 12.4. The molecule has 0 saturated carbocycles. The van der Waals surface area contributed by atoms with Gasteiger partial charge in [-0.05, 0) is 37.0 Å². The summed E-state index contributed by atoms with van der Waals surface area (Å²) in [5, 5.41) is 5.93. The van der Waals surface area contributed by atoms with Crippen LogP contribution in [0.1, 0.15) is 56.0 Å². The van der Waals surface area contributed by atoms with Crippen molar-refractivity contribution in [2.24, 2.45) is 0 Å². The van der Waals surface area contributed by atoms with Crippen molar-refractivity contribution in [1.29, 1.82) is 0 Å². The summed E-state index contributed by atoms with van der Waals surface area (Å²) in [5.74, 6) is -0.0814. The molecule has 1 aliphatic heterocycles. The van der Waals surface area contributed by atoms with Crippen molar-refractivity contribution in [2.75, 3.05) is 5.32 Å². The van der Waals surface area contributed by atoms with Gasteiger partial charge in [0.25, 0.3) is 5.91 Å². The molecule has 2 N–H and O–H groups in total. The number of hydrogen-bond donors (Lipinski definition) is 2. The smallest absolute Gasteiger partial charge is 0.251 e. The fourth-order valence-electron chi connectivity index (χ4n) is 2.68. The predicted octanol–water partition coefficient (Wildman–Crippen LogP) is 2.88. The summed E-state index contributed by atoms with van der Waals surface area (Å²) in [7, 11) is 0. The molecule has 0 fully saturated rings. The molecule has 1 heterocycles. The molecule has 0 unspecified atom stereocenters. The van der Waals surface area contributed by atoms with E-state index in [2.05, 4.69) is 31.4 Å². The van der Waals surface area contributed by atoms with Gasteiger partial charge in [0, 0.05) is 16.8 Å². The fourth-order valence-corrected chi connectivity index (χ4v) is 2.68. The van der Waals surface area contributed by atoms with Crippen LogP contribution < -0.4 is 10.6 Å². The number of nitrogens with one attached hydrogen (secondary N) is 2. The lowest BCUT2D eigenvalue weighted by molar-refractivity contribution is -0.115. The third kappa shape index (κ3) is 2.69. The van der Waals surface area contributed by atoms with Gasteiger partial charge in [-0.2, -0.15) is 0 Å². The van der Waals surface area contributed by atoms with E-state index in [0.717, 1.165) is 30.5 Å². The van der Waals surface area contributed by atoms with Crippen LogP contribution in [-0.4, -0.2) is 17.4 Å². The van der Waals surface area contributed by atoms with E-state index in [1.54, 1.807) is 12.1 Å². The third-order valence-corrected chi connectivity index (χ3v) is 4.41. The summed E-state index contributed by atoms with van der Waals surface area (Å²) in [4.78, 5) is 23.7. The molecule has 1 aliphatic rings. The van der Waals surface area contributed by atoms with Crippen molar-refractivity contribution < 1.29 is 9.59 Å².